The van der Waals surface area contributed by atoms with Gasteiger partial charge in [0.25, 0.3) is 0 Å². The molecule has 0 heterocycles. The Bertz CT molecular complexity index is 150. The first-order valence-corrected chi connectivity index (χ1v) is 5.82. The Labute approximate surface area is 77.3 Å². The van der Waals surface area contributed by atoms with Gasteiger partial charge in [0, 0.05) is 14.5 Å². The smallest absolute Gasteiger partial charge is 0.0748 e. The third kappa shape index (κ3) is 5.76. The van der Waals surface area contributed by atoms with Crippen LogP contribution in [0.2, 0.25) is 0 Å². The van der Waals surface area contributed by atoms with Crippen LogP contribution in [0.25, 0.3) is 0 Å². The molecule has 0 aliphatic carbocycles. The highest BCUT2D eigenvalue weighted by Gasteiger charge is 2.22. The monoisotopic (exact) mass is 194 g/mol. The van der Waals surface area contributed by atoms with E-state index in [1.165, 1.54) is 0 Å². The second-order valence-corrected chi connectivity index (χ2v) is 7.31. The average Bonchev–Trinajstić information content (AvgIpc) is 1.56. The summed E-state index contributed by atoms with van der Waals surface area (Å²) in [6, 6.07) is 0. The van der Waals surface area contributed by atoms with E-state index in [-0.39, 0.29) is 20.1 Å². The summed E-state index contributed by atoms with van der Waals surface area (Å²) in [5, 5.41) is 0. The van der Waals surface area contributed by atoms with Crippen LogP contribution < -0.4 is 0 Å². The average molecular weight is 194 g/mol. The molecule has 11 heavy (non-hydrogen) atoms. The van der Waals surface area contributed by atoms with Crippen molar-refractivity contribution in [2.45, 2.75) is 51.9 Å². The molecule has 0 saturated carbocycles. The first kappa shape index (κ1) is 11.5. The van der Waals surface area contributed by atoms with Gasteiger partial charge in [-0.2, -0.15) is 0 Å². The van der Waals surface area contributed by atoms with E-state index < -0.39 is 0 Å². The third-order valence-electron chi connectivity index (χ3n) is 0.826. The minimum absolute atomic E-state index is 0.0859. The Kier molecular flexibility index (Phi) is 3.67. The Morgan fingerprint density at radius 1 is 1.00 bits per heavy atom. The topological polar surface area (TPSA) is 9.23 Å². The maximum absolute atomic E-state index is 5.64. The van der Waals surface area contributed by atoms with E-state index >= 15 is 0 Å². The van der Waals surface area contributed by atoms with Gasteiger partial charge in [-0.3, -0.25) is 0 Å². The lowest BCUT2D eigenvalue weighted by Crippen LogP contribution is -2.30. The second-order valence-electron chi connectivity index (χ2n) is 4.54. The van der Waals surface area contributed by atoms with Crippen molar-refractivity contribution in [3.63, 3.8) is 0 Å². The second kappa shape index (κ2) is 3.50. The fraction of sp³-hybridized carbons (Fsp3) is 1.00. The van der Waals surface area contributed by atoms with Gasteiger partial charge < -0.3 is 4.18 Å². The maximum Gasteiger partial charge on any atom is 0.0748 e. The lowest BCUT2D eigenvalue weighted by molar-refractivity contribution is 0.158. The number of rotatable bonds is 1. The van der Waals surface area contributed by atoms with Crippen LogP contribution in [0.5, 0.6) is 0 Å². The quantitative estimate of drug-likeness (QED) is 0.634. The predicted molar refractivity (Wildman–Crippen MR) is 55.3 cm³/mol. The molecule has 0 rings (SSSR count). The highest BCUT2D eigenvalue weighted by Crippen LogP contribution is 2.19. The first-order valence-electron chi connectivity index (χ1n) is 3.74. The Balaban J connectivity index is 4.11. The molecule has 0 aromatic heterocycles. The van der Waals surface area contributed by atoms with E-state index in [4.69, 9.17) is 15.4 Å². The van der Waals surface area contributed by atoms with Crippen molar-refractivity contribution in [2.75, 3.05) is 0 Å². The van der Waals surface area contributed by atoms with Crippen molar-refractivity contribution in [1.29, 1.82) is 0 Å². The van der Waals surface area contributed by atoms with Gasteiger partial charge in [0.05, 0.1) is 5.60 Å². The highest BCUT2D eigenvalue weighted by atomic mass is 32.8. The van der Waals surface area contributed by atoms with Crippen molar-refractivity contribution in [3.8, 4) is 0 Å². The van der Waals surface area contributed by atoms with Gasteiger partial charge in [-0.25, -0.2) is 0 Å². The summed E-state index contributed by atoms with van der Waals surface area (Å²) in [5.74, 6) is 0. The fourth-order valence-electron chi connectivity index (χ4n) is 0.352. The van der Waals surface area contributed by atoms with Crippen LogP contribution in [-0.2, 0) is 25.1 Å². The Morgan fingerprint density at radius 2 is 1.36 bits per heavy atom. The van der Waals surface area contributed by atoms with Crippen LogP contribution in [-0.4, -0.2) is 10.3 Å². The Hall–Kier alpha value is 0.530. The number of hydrogen-bond acceptors (Lipinski definition) is 2. The number of hydrogen-bond donors (Lipinski definition) is 0. The van der Waals surface area contributed by atoms with Gasteiger partial charge in [0.15, 0.2) is 0 Å². The molecule has 0 spiro atoms. The minimum atomic E-state index is -0.373. The minimum Gasteiger partial charge on any atom is -0.306 e. The molecule has 3 heteroatoms. The molecule has 0 aromatic carbocycles. The predicted octanol–water partition coefficient (Wildman–Crippen LogP) is 2.60. The first-order chi connectivity index (χ1) is 4.63. The van der Waals surface area contributed by atoms with Gasteiger partial charge in [-0.1, -0.05) is 0 Å². The summed E-state index contributed by atoms with van der Waals surface area (Å²) in [7, 11) is -0.373. The zero-order valence-electron chi connectivity index (χ0n) is 8.22. The molecule has 1 atom stereocenters. The van der Waals surface area contributed by atoms with Crippen molar-refractivity contribution >= 4 is 20.9 Å². The molecule has 1 nitrogen and oxygen atoms in total. The summed E-state index contributed by atoms with van der Waals surface area (Å²) >= 11 is 5.23. The molecular weight excluding hydrogens is 176 g/mol. The van der Waals surface area contributed by atoms with E-state index in [1.54, 1.807) is 0 Å². The van der Waals surface area contributed by atoms with Gasteiger partial charge >= 0.3 is 0 Å². The standard InChI is InChI=1S/C8H18OS2/c1-7(2,3)9-11(10)8(4,5)6/h1-6H3/t11-/m0/s1. The van der Waals surface area contributed by atoms with E-state index in [2.05, 4.69) is 20.8 Å². The van der Waals surface area contributed by atoms with Gasteiger partial charge in [0.1, 0.15) is 0 Å². The lowest BCUT2D eigenvalue weighted by atomic mass is 10.2. The summed E-state index contributed by atoms with van der Waals surface area (Å²) in [4.78, 5) is 0. The van der Waals surface area contributed by atoms with Gasteiger partial charge in [-0.15, -0.1) is 0 Å². The van der Waals surface area contributed by atoms with Crippen LogP contribution in [0.15, 0.2) is 0 Å². The highest BCUT2D eigenvalue weighted by molar-refractivity contribution is 8.26. The van der Waals surface area contributed by atoms with E-state index in [1.807, 2.05) is 20.8 Å². The van der Waals surface area contributed by atoms with Crippen LogP contribution in [0.4, 0.5) is 0 Å². The van der Waals surface area contributed by atoms with E-state index in [0.29, 0.717) is 0 Å². The molecular formula is C8H18OS2. The summed E-state index contributed by atoms with van der Waals surface area (Å²) in [6.07, 6.45) is 0. The van der Waals surface area contributed by atoms with E-state index in [0.717, 1.165) is 0 Å². The molecule has 0 aliphatic rings. The molecule has 68 valence electrons. The summed E-state index contributed by atoms with van der Waals surface area (Å²) < 4.78 is 5.73. The summed E-state index contributed by atoms with van der Waals surface area (Å²) in [6.45, 7) is 12.4. The summed E-state index contributed by atoms with van der Waals surface area (Å²) in [5.41, 5.74) is -0.113. The SMILES string of the molecule is CC(C)(C)O[S@@](=S)C(C)(C)C. The molecule has 0 bridgehead atoms. The normalized spacial score (nSPS) is 16.5. The zero-order chi connectivity index (χ0) is 9.28. The van der Waals surface area contributed by atoms with Gasteiger partial charge in [-0.05, 0) is 52.7 Å². The zero-order valence-corrected chi connectivity index (χ0v) is 9.86. The maximum atomic E-state index is 5.64. The van der Waals surface area contributed by atoms with E-state index in [9.17, 15) is 0 Å². The van der Waals surface area contributed by atoms with Gasteiger partial charge in [0.2, 0.25) is 0 Å². The molecule has 0 amide bonds. The van der Waals surface area contributed by atoms with Crippen LogP contribution in [0.3, 0.4) is 0 Å². The lowest BCUT2D eigenvalue weighted by Gasteiger charge is -2.27. The molecule has 0 unspecified atom stereocenters. The largest absolute Gasteiger partial charge is 0.306 e. The van der Waals surface area contributed by atoms with Crippen molar-refractivity contribution < 1.29 is 4.18 Å². The van der Waals surface area contributed by atoms with Crippen molar-refractivity contribution in [1.82, 2.24) is 0 Å². The molecule has 0 saturated heterocycles. The fourth-order valence-corrected chi connectivity index (χ4v) is 1.67. The Morgan fingerprint density at radius 3 is 1.45 bits per heavy atom. The molecule has 0 N–H and O–H groups in total. The van der Waals surface area contributed by atoms with Crippen LogP contribution >= 0.6 is 0 Å². The van der Waals surface area contributed by atoms with Crippen LogP contribution in [0, 0.1) is 0 Å². The molecule has 0 fully saturated rings. The van der Waals surface area contributed by atoms with Crippen molar-refractivity contribution in [3.05, 3.63) is 0 Å². The third-order valence-corrected chi connectivity index (χ3v) is 4.18. The molecule has 0 aromatic rings. The molecule has 0 radical (unpaired) electrons. The van der Waals surface area contributed by atoms with Crippen molar-refractivity contribution in [2.24, 2.45) is 0 Å². The molecule has 0 aliphatic heterocycles. The van der Waals surface area contributed by atoms with Crippen LogP contribution in [0.1, 0.15) is 41.5 Å².